The minimum absolute atomic E-state index is 0.114. The van der Waals surface area contributed by atoms with E-state index < -0.39 is 11.9 Å². The number of nitrogens with one attached hydrogen (secondary N) is 2. The zero-order valence-corrected chi connectivity index (χ0v) is 13.8. The summed E-state index contributed by atoms with van der Waals surface area (Å²) in [6, 6.07) is 6.23. The highest BCUT2D eigenvalue weighted by molar-refractivity contribution is 6.03. The number of fused-ring (bicyclic) bond motifs is 3. The molecule has 3 amide bonds. The van der Waals surface area contributed by atoms with Gasteiger partial charge in [0.1, 0.15) is 18.2 Å². The lowest BCUT2D eigenvalue weighted by atomic mass is 9.99. The second kappa shape index (κ2) is 5.66. The van der Waals surface area contributed by atoms with Crippen LogP contribution in [0.1, 0.15) is 21.6 Å². The molecule has 6 N–H and O–H groups in total. The van der Waals surface area contributed by atoms with Crippen molar-refractivity contribution < 1.29 is 18.8 Å². The summed E-state index contributed by atoms with van der Waals surface area (Å²) in [5, 5.41) is 6.35. The normalized spacial score (nSPS) is 12.0. The number of H-pyrrole nitrogens is 1. The molecule has 1 aliphatic heterocycles. The highest BCUT2D eigenvalue weighted by Crippen LogP contribution is 2.44. The molecule has 0 bridgehead atoms. The molecule has 4 rings (SSSR count). The number of benzene rings is 1. The molecule has 132 valence electrons. The van der Waals surface area contributed by atoms with Crippen molar-refractivity contribution >= 4 is 17.8 Å². The molecule has 0 saturated carbocycles. The van der Waals surface area contributed by atoms with Crippen LogP contribution in [0.25, 0.3) is 22.6 Å². The first-order valence-electron chi connectivity index (χ1n) is 7.76. The largest absolute Gasteiger partial charge is 0.487 e. The van der Waals surface area contributed by atoms with E-state index in [0.717, 1.165) is 16.8 Å². The predicted molar refractivity (Wildman–Crippen MR) is 92.5 cm³/mol. The number of carbonyl (C=O) groups excluding carboxylic acids is 2. The fourth-order valence-corrected chi connectivity index (χ4v) is 3.01. The summed E-state index contributed by atoms with van der Waals surface area (Å²) in [5.74, 6) is 0.668. The minimum atomic E-state index is -0.811. The van der Waals surface area contributed by atoms with Crippen LogP contribution in [0.3, 0.4) is 0 Å². The van der Waals surface area contributed by atoms with Crippen LogP contribution < -0.4 is 21.5 Å². The number of aromatic nitrogens is 2. The van der Waals surface area contributed by atoms with Gasteiger partial charge in [0.05, 0.1) is 28.1 Å². The fraction of sp³-hybridized carbons (Fsp3) is 0.118. The average molecular weight is 353 g/mol. The van der Waals surface area contributed by atoms with Gasteiger partial charge in [-0.05, 0) is 25.1 Å². The Kier molecular flexibility index (Phi) is 3.43. The molecule has 0 aliphatic carbocycles. The highest BCUT2D eigenvalue weighted by atomic mass is 16.5. The maximum Gasteiger partial charge on any atom is 0.317 e. The van der Waals surface area contributed by atoms with E-state index in [1.165, 1.54) is 6.07 Å². The summed E-state index contributed by atoms with van der Waals surface area (Å²) in [6.07, 6.45) is 0. The van der Waals surface area contributed by atoms with Crippen molar-refractivity contribution in [3.05, 3.63) is 41.1 Å². The van der Waals surface area contributed by atoms with Crippen molar-refractivity contribution in [2.45, 2.75) is 13.5 Å². The number of nitrogens with two attached hydrogens (primary N) is 2. The number of amides is 3. The van der Waals surface area contributed by atoms with Crippen LogP contribution >= 0.6 is 0 Å². The summed E-state index contributed by atoms with van der Waals surface area (Å²) in [6.45, 7) is 2.18. The molecule has 9 heteroatoms. The molecule has 0 radical (unpaired) electrons. The number of urea groups is 1. The monoisotopic (exact) mass is 353 g/mol. The fourth-order valence-electron chi connectivity index (χ4n) is 3.01. The van der Waals surface area contributed by atoms with Gasteiger partial charge in [0.25, 0.3) is 5.91 Å². The molecule has 3 aromatic rings. The molecule has 1 aromatic carbocycles. The number of para-hydroxylation sites is 1. The average Bonchev–Trinajstić information content (AvgIpc) is 3.18. The maximum atomic E-state index is 11.7. The van der Waals surface area contributed by atoms with Gasteiger partial charge in [-0.25, -0.2) is 4.79 Å². The van der Waals surface area contributed by atoms with Crippen molar-refractivity contribution in [2.24, 2.45) is 11.5 Å². The summed E-state index contributed by atoms with van der Waals surface area (Å²) < 4.78 is 11.4. The Bertz CT molecular complexity index is 1050. The van der Waals surface area contributed by atoms with Gasteiger partial charge in [0.15, 0.2) is 5.76 Å². The quantitative estimate of drug-likeness (QED) is 0.569. The molecule has 0 fully saturated rings. The lowest BCUT2D eigenvalue weighted by Crippen LogP contribution is -2.22. The van der Waals surface area contributed by atoms with Gasteiger partial charge in [0.2, 0.25) is 0 Å². The number of carbonyl (C=O) groups is 2. The molecule has 0 spiro atoms. The smallest absolute Gasteiger partial charge is 0.317 e. The van der Waals surface area contributed by atoms with Crippen LogP contribution in [-0.2, 0) is 6.61 Å². The van der Waals surface area contributed by atoms with E-state index in [4.69, 9.17) is 20.7 Å². The van der Waals surface area contributed by atoms with E-state index in [2.05, 4.69) is 15.5 Å². The molecule has 26 heavy (non-hydrogen) atoms. The Labute approximate surface area is 147 Å². The molecular formula is C17H15N5O4. The predicted octanol–water partition coefficient (Wildman–Crippen LogP) is 2.13. The van der Waals surface area contributed by atoms with E-state index in [1.54, 1.807) is 0 Å². The van der Waals surface area contributed by atoms with Crippen LogP contribution in [0.5, 0.6) is 5.75 Å². The van der Waals surface area contributed by atoms with Gasteiger partial charge in [-0.2, -0.15) is 0 Å². The first kappa shape index (κ1) is 15.8. The Hall–Kier alpha value is -3.75. The Morgan fingerprint density at radius 2 is 2.04 bits per heavy atom. The molecule has 3 heterocycles. The third-order valence-electron chi connectivity index (χ3n) is 4.23. The van der Waals surface area contributed by atoms with Crippen LogP contribution in [0, 0.1) is 6.92 Å². The van der Waals surface area contributed by atoms with E-state index in [-0.39, 0.29) is 11.4 Å². The molecule has 1 aliphatic rings. The number of ether oxygens (including phenoxy) is 1. The standard InChI is InChI=1S/C17H15N5O4/c1-7-11-6-25-13-8(3-2-4-9(13)14(11)26-22-7)12-5-10(15(18)23)16(20-12)21-17(19)24/h2-5,20H,6H2,1H3,(H2,18,23)(H3,19,21,24). The zero-order chi connectivity index (χ0) is 18.4. The summed E-state index contributed by atoms with van der Waals surface area (Å²) >= 11 is 0. The Morgan fingerprint density at radius 1 is 1.27 bits per heavy atom. The van der Waals surface area contributed by atoms with E-state index >= 15 is 0 Å². The second-order valence-corrected chi connectivity index (χ2v) is 5.87. The van der Waals surface area contributed by atoms with E-state index in [0.29, 0.717) is 29.4 Å². The van der Waals surface area contributed by atoms with Crippen LogP contribution in [0.4, 0.5) is 10.6 Å². The summed E-state index contributed by atoms with van der Waals surface area (Å²) in [7, 11) is 0. The molecule has 0 atom stereocenters. The summed E-state index contributed by atoms with van der Waals surface area (Å²) in [4.78, 5) is 25.8. The SMILES string of the molecule is Cc1noc2c1COc1c(-c3cc(C(N)=O)c(NC(N)=O)[nH]3)cccc1-2. The van der Waals surface area contributed by atoms with Crippen molar-refractivity contribution in [1.29, 1.82) is 0 Å². The van der Waals surface area contributed by atoms with Gasteiger partial charge in [-0.1, -0.05) is 11.2 Å². The van der Waals surface area contributed by atoms with Crippen LogP contribution in [0.15, 0.2) is 28.8 Å². The first-order valence-corrected chi connectivity index (χ1v) is 7.76. The van der Waals surface area contributed by atoms with Crippen molar-refractivity contribution in [3.63, 3.8) is 0 Å². The van der Waals surface area contributed by atoms with Gasteiger partial charge in [0, 0.05) is 5.56 Å². The van der Waals surface area contributed by atoms with Crippen LogP contribution in [-0.4, -0.2) is 22.1 Å². The number of aryl methyl sites for hydroxylation is 1. The molecule has 0 saturated heterocycles. The lowest BCUT2D eigenvalue weighted by Gasteiger charge is -2.19. The number of rotatable bonds is 3. The third kappa shape index (κ3) is 2.37. The first-order chi connectivity index (χ1) is 12.5. The second-order valence-electron chi connectivity index (χ2n) is 5.87. The number of anilines is 1. The van der Waals surface area contributed by atoms with Gasteiger partial charge in [-0.15, -0.1) is 0 Å². The van der Waals surface area contributed by atoms with E-state index in [1.807, 2.05) is 25.1 Å². The number of nitrogens with zero attached hydrogens (tertiary/aromatic N) is 1. The van der Waals surface area contributed by atoms with Crippen molar-refractivity contribution in [3.8, 4) is 28.3 Å². The topological polar surface area (TPSA) is 149 Å². The maximum absolute atomic E-state index is 11.7. The molecule has 2 aromatic heterocycles. The number of primary amides is 2. The van der Waals surface area contributed by atoms with E-state index in [9.17, 15) is 9.59 Å². The Balaban J connectivity index is 1.86. The minimum Gasteiger partial charge on any atom is -0.487 e. The highest BCUT2D eigenvalue weighted by Gasteiger charge is 2.27. The van der Waals surface area contributed by atoms with Gasteiger partial charge in [-0.3, -0.25) is 10.1 Å². The van der Waals surface area contributed by atoms with Crippen LogP contribution in [0.2, 0.25) is 0 Å². The zero-order valence-electron chi connectivity index (χ0n) is 13.8. The van der Waals surface area contributed by atoms with Gasteiger partial charge >= 0.3 is 6.03 Å². The summed E-state index contributed by atoms with van der Waals surface area (Å²) in [5.41, 5.74) is 14.3. The van der Waals surface area contributed by atoms with Gasteiger partial charge < -0.3 is 25.7 Å². The lowest BCUT2D eigenvalue weighted by molar-refractivity contribution is 0.100. The Morgan fingerprint density at radius 3 is 2.77 bits per heavy atom. The van der Waals surface area contributed by atoms with Crippen molar-refractivity contribution in [2.75, 3.05) is 5.32 Å². The molecular weight excluding hydrogens is 338 g/mol. The number of aromatic amines is 1. The molecule has 9 nitrogen and oxygen atoms in total. The number of hydrogen-bond donors (Lipinski definition) is 4. The number of hydrogen-bond acceptors (Lipinski definition) is 5. The third-order valence-corrected chi connectivity index (χ3v) is 4.23. The molecule has 0 unspecified atom stereocenters. The van der Waals surface area contributed by atoms with Crippen molar-refractivity contribution in [1.82, 2.24) is 10.1 Å².